The molecule has 0 spiro atoms. The minimum atomic E-state index is -0.993. The SMILES string of the molecule is Cc1cc(C)cc(C23CC(C(NC(=O)OCC4c5ccccc5-c5ccccc54)C(=O)O)(C2)C3)c1. The lowest BCUT2D eigenvalue weighted by Gasteiger charge is -2.72. The first kappa shape index (κ1) is 21.9. The molecule has 2 bridgehead atoms. The van der Waals surface area contributed by atoms with Crippen molar-refractivity contribution in [1.82, 2.24) is 5.32 Å². The highest BCUT2D eigenvalue weighted by atomic mass is 16.5. The molecule has 3 saturated carbocycles. The fourth-order valence-electron chi connectivity index (χ4n) is 6.99. The maximum atomic E-state index is 12.8. The summed E-state index contributed by atoms with van der Waals surface area (Å²) in [4.78, 5) is 25.0. The molecular formula is C30H29NO4. The van der Waals surface area contributed by atoms with Crippen LogP contribution in [0.4, 0.5) is 4.79 Å². The normalized spacial score (nSPS) is 24.4. The molecule has 0 aromatic heterocycles. The lowest BCUT2D eigenvalue weighted by molar-refractivity contribution is -0.183. The number of carboxylic acids is 1. The van der Waals surface area contributed by atoms with Gasteiger partial charge in [0.05, 0.1) is 0 Å². The number of carboxylic acid groups (broad SMARTS) is 1. The van der Waals surface area contributed by atoms with Gasteiger partial charge in [0.2, 0.25) is 0 Å². The molecule has 35 heavy (non-hydrogen) atoms. The third-order valence-electron chi connectivity index (χ3n) is 8.37. The first-order chi connectivity index (χ1) is 16.8. The zero-order valence-electron chi connectivity index (χ0n) is 20.0. The summed E-state index contributed by atoms with van der Waals surface area (Å²) in [6, 6.07) is 22.0. The topological polar surface area (TPSA) is 75.6 Å². The number of carbonyl (C=O) groups is 2. The van der Waals surface area contributed by atoms with Crippen LogP contribution < -0.4 is 5.32 Å². The van der Waals surface area contributed by atoms with Gasteiger partial charge in [-0.3, -0.25) is 0 Å². The Morgan fingerprint density at radius 2 is 1.49 bits per heavy atom. The molecular weight excluding hydrogens is 438 g/mol. The number of hydrogen-bond acceptors (Lipinski definition) is 3. The van der Waals surface area contributed by atoms with Crippen molar-refractivity contribution in [3.8, 4) is 11.1 Å². The molecule has 178 valence electrons. The van der Waals surface area contributed by atoms with Gasteiger partial charge in [0, 0.05) is 11.3 Å². The number of nitrogens with one attached hydrogen (secondary N) is 1. The monoisotopic (exact) mass is 467 g/mol. The number of carbonyl (C=O) groups excluding carboxylic acids is 1. The summed E-state index contributed by atoms with van der Waals surface area (Å²) < 4.78 is 5.63. The first-order valence-corrected chi connectivity index (χ1v) is 12.2. The van der Waals surface area contributed by atoms with E-state index in [1.165, 1.54) is 16.7 Å². The molecule has 1 amide bonds. The van der Waals surface area contributed by atoms with Crippen LogP contribution in [0.3, 0.4) is 0 Å². The second-order valence-corrected chi connectivity index (χ2v) is 10.8. The molecule has 5 nitrogen and oxygen atoms in total. The average molecular weight is 468 g/mol. The van der Waals surface area contributed by atoms with Crippen molar-refractivity contribution < 1.29 is 19.4 Å². The van der Waals surface area contributed by atoms with Crippen molar-refractivity contribution in [1.29, 1.82) is 0 Å². The zero-order chi connectivity index (χ0) is 24.4. The summed E-state index contributed by atoms with van der Waals surface area (Å²) in [6.45, 7) is 4.36. The number of aliphatic carboxylic acids is 1. The molecule has 4 aliphatic carbocycles. The van der Waals surface area contributed by atoms with Gasteiger partial charge >= 0.3 is 12.1 Å². The molecule has 4 aliphatic rings. The van der Waals surface area contributed by atoms with E-state index in [9.17, 15) is 14.7 Å². The Morgan fingerprint density at radius 1 is 0.943 bits per heavy atom. The molecule has 5 heteroatoms. The molecule has 3 aromatic rings. The van der Waals surface area contributed by atoms with E-state index < -0.39 is 23.5 Å². The van der Waals surface area contributed by atoms with E-state index in [-0.39, 0.29) is 17.9 Å². The molecule has 3 aromatic carbocycles. The summed E-state index contributed by atoms with van der Waals surface area (Å²) >= 11 is 0. The quantitative estimate of drug-likeness (QED) is 0.486. The summed E-state index contributed by atoms with van der Waals surface area (Å²) in [7, 11) is 0. The third kappa shape index (κ3) is 3.36. The van der Waals surface area contributed by atoms with Crippen molar-refractivity contribution >= 4 is 12.1 Å². The summed E-state index contributed by atoms with van der Waals surface area (Å²) in [5.41, 5.74) is 7.98. The Kier molecular flexibility index (Phi) is 4.82. The number of alkyl carbamates (subject to hydrolysis) is 1. The van der Waals surface area contributed by atoms with Crippen molar-refractivity contribution in [3.63, 3.8) is 0 Å². The van der Waals surface area contributed by atoms with Crippen LogP contribution in [-0.2, 0) is 14.9 Å². The fourth-order valence-corrected chi connectivity index (χ4v) is 6.99. The number of aryl methyl sites for hydroxylation is 2. The average Bonchev–Trinajstić information content (AvgIpc) is 3.08. The highest BCUT2D eigenvalue weighted by Crippen LogP contribution is 2.75. The summed E-state index contributed by atoms with van der Waals surface area (Å²) in [5, 5.41) is 12.7. The fraction of sp³-hybridized carbons (Fsp3) is 0.333. The van der Waals surface area contributed by atoms with E-state index in [0.29, 0.717) is 0 Å². The second-order valence-electron chi connectivity index (χ2n) is 10.8. The number of rotatable bonds is 6. The van der Waals surface area contributed by atoms with Crippen LogP contribution in [0.2, 0.25) is 0 Å². The van der Waals surface area contributed by atoms with Gasteiger partial charge in [-0.1, -0.05) is 77.9 Å². The van der Waals surface area contributed by atoms with Crippen LogP contribution in [0.15, 0.2) is 66.7 Å². The van der Waals surface area contributed by atoms with Crippen molar-refractivity contribution in [2.24, 2.45) is 5.41 Å². The van der Waals surface area contributed by atoms with Gasteiger partial charge in [-0.2, -0.15) is 0 Å². The minimum absolute atomic E-state index is 0.0489. The smallest absolute Gasteiger partial charge is 0.407 e. The van der Waals surface area contributed by atoms with E-state index in [0.717, 1.165) is 41.5 Å². The van der Waals surface area contributed by atoms with Crippen LogP contribution in [0.25, 0.3) is 11.1 Å². The molecule has 0 saturated heterocycles. The Labute approximate surface area is 205 Å². The van der Waals surface area contributed by atoms with E-state index in [1.807, 2.05) is 24.3 Å². The van der Waals surface area contributed by atoms with Gasteiger partial charge in [0.1, 0.15) is 12.6 Å². The lowest BCUT2D eigenvalue weighted by atomic mass is 9.31. The zero-order valence-corrected chi connectivity index (χ0v) is 20.0. The first-order valence-electron chi connectivity index (χ1n) is 12.2. The number of benzene rings is 3. The van der Waals surface area contributed by atoms with Crippen LogP contribution in [0.1, 0.15) is 53.0 Å². The number of hydrogen-bond donors (Lipinski definition) is 2. The van der Waals surface area contributed by atoms with Gasteiger partial charge < -0.3 is 15.2 Å². The molecule has 7 rings (SSSR count). The number of fused-ring (bicyclic) bond motifs is 3. The minimum Gasteiger partial charge on any atom is -0.480 e. The van der Waals surface area contributed by atoms with Crippen molar-refractivity contribution in [2.45, 2.75) is 50.5 Å². The van der Waals surface area contributed by atoms with Gasteiger partial charge in [-0.15, -0.1) is 0 Å². The Bertz CT molecular complexity index is 1270. The molecule has 0 aliphatic heterocycles. The van der Waals surface area contributed by atoms with Crippen LogP contribution in [0, 0.1) is 19.3 Å². The van der Waals surface area contributed by atoms with Gasteiger partial charge in [-0.05, 0) is 66.3 Å². The van der Waals surface area contributed by atoms with E-state index >= 15 is 0 Å². The van der Waals surface area contributed by atoms with Gasteiger partial charge in [-0.25, -0.2) is 9.59 Å². The molecule has 0 heterocycles. The number of ether oxygens (including phenoxy) is 1. The van der Waals surface area contributed by atoms with Gasteiger partial charge in [0.15, 0.2) is 0 Å². The largest absolute Gasteiger partial charge is 0.480 e. The second kappa shape index (κ2) is 7.70. The summed E-state index contributed by atoms with van der Waals surface area (Å²) in [5.74, 6) is -1.05. The third-order valence-corrected chi connectivity index (χ3v) is 8.37. The summed E-state index contributed by atoms with van der Waals surface area (Å²) in [6.07, 6.45) is 1.68. The Balaban J connectivity index is 1.13. The van der Waals surface area contributed by atoms with Crippen molar-refractivity contribution in [3.05, 3.63) is 94.5 Å². The molecule has 0 radical (unpaired) electrons. The standard InChI is InChI=1S/C30H29NO4/c1-18-11-19(2)13-20(12-18)29-15-30(16-29,17-29)26(27(32)33)31-28(34)35-14-25-23-9-5-3-7-21(23)22-8-4-6-10-24(22)25/h3-13,25-26H,14-17H2,1-2H3,(H,31,34)(H,32,33). The predicted octanol–water partition coefficient (Wildman–Crippen LogP) is 5.72. The van der Waals surface area contributed by atoms with Crippen molar-refractivity contribution in [2.75, 3.05) is 6.61 Å². The van der Waals surface area contributed by atoms with Gasteiger partial charge in [0.25, 0.3) is 0 Å². The van der Waals surface area contributed by atoms with E-state index in [1.54, 1.807) is 0 Å². The van der Waals surface area contributed by atoms with Crippen LogP contribution in [-0.4, -0.2) is 29.8 Å². The molecule has 1 atom stereocenters. The molecule has 3 fully saturated rings. The Morgan fingerprint density at radius 3 is 2.03 bits per heavy atom. The highest BCUT2D eigenvalue weighted by Gasteiger charge is 2.72. The van der Waals surface area contributed by atoms with Crippen LogP contribution in [0.5, 0.6) is 0 Å². The van der Waals surface area contributed by atoms with Crippen LogP contribution >= 0.6 is 0 Å². The maximum Gasteiger partial charge on any atom is 0.407 e. The highest BCUT2D eigenvalue weighted by molar-refractivity contribution is 5.82. The lowest BCUT2D eigenvalue weighted by Crippen LogP contribution is -2.73. The maximum absolute atomic E-state index is 12.8. The number of amides is 1. The molecule has 1 unspecified atom stereocenters. The predicted molar refractivity (Wildman–Crippen MR) is 134 cm³/mol. The van der Waals surface area contributed by atoms with E-state index in [2.05, 4.69) is 61.6 Å². The van der Waals surface area contributed by atoms with E-state index in [4.69, 9.17) is 4.74 Å². The Hall–Kier alpha value is -3.60. The molecule has 2 N–H and O–H groups in total.